The van der Waals surface area contributed by atoms with Gasteiger partial charge in [-0.25, -0.2) is 0 Å². The van der Waals surface area contributed by atoms with Gasteiger partial charge in [0.05, 0.1) is 5.54 Å². The van der Waals surface area contributed by atoms with Gasteiger partial charge in [0.1, 0.15) is 0 Å². The largest absolute Gasteiger partial charge is 0.305 e. The lowest BCUT2D eigenvalue weighted by atomic mass is 9.88. The molecule has 1 heterocycles. The zero-order valence-electron chi connectivity index (χ0n) is 13.3. The summed E-state index contributed by atoms with van der Waals surface area (Å²) in [6.45, 7) is 11.8. The Kier molecular flexibility index (Phi) is 6.34. The summed E-state index contributed by atoms with van der Waals surface area (Å²) >= 11 is 1.98. The van der Waals surface area contributed by atoms with Crippen LogP contribution in [0, 0.1) is 0 Å². The van der Waals surface area contributed by atoms with Gasteiger partial charge in [-0.15, -0.1) is 6.58 Å². The summed E-state index contributed by atoms with van der Waals surface area (Å²) in [6.07, 6.45) is 3.21. The van der Waals surface area contributed by atoms with E-state index in [1.54, 1.807) is 0 Å². The van der Waals surface area contributed by atoms with E-state index in [0.717, 1.165) is 18.8 Å². The third-order valence-electron chi connectivity index (χ3n) is 4.40. The van der Waals surface area contributed by atoms with Crippen molar-refractivity contribution in [1.29, 1.82) is 0 Å². The van der Waals surface area contributed by atoms with Crippen molar-refractivity contribution in [1.82, 2.24) is 10.2 Å². The highest BCUT2D eigenvalue weighted by Crippen LogP contribution is 2.27. The lowest BCUT2D eigenvalue weighted by molar-refractivity contribution is 0.0896. The number of piperazine rings is 1. The molecule has 1 saturated heterocycles. The molecule has 2 atom stereocenters. The molecule has 1 N–H and O–H groups in total. The van der Waals surface area contributed by atoms with Gasteiger partial charge in [0.2, 0.25) is 0 Å². The van der Waals surface area contributed by atoms with E-state index < -0.39 is 0 Å². The Labute approximate surface area is 134 Å². The zero-order chi connectivity index (χ0) is 15.1. The first kappa shape index (κ1) is 16.6. The van der Waals surface area contributed by atoms with E-state index >= 15 is 0 Å². The molecular weight excluding hydrogens is 276 g/mol. The van der Waals surface area contributed by atoms with Gasteiger partial charge >= 0.3 is 0 Å². The van der Waals surface area contributed by atoms with Crippen molar-refractivity contribution < 1.29 is 0 Å². The van der Waals surface area contributed by atoms with Gasteiger partial charge < -0.3 is 5.32 Å². The van der Waals surface area contributed by atoms with Crippen molar-refractivity contribution in [2.24, 2.45) is 0 Å². The minimum Gasteiger partial charge on any atom is -0.305 e. The molecule has 0 bridgehead atoms. The molecule has 0 aliphatic carbocycles. The molecule has 0 saturated carbocycles. The number of nitrogens with zero attached hydrogens (tertiary/aromatic N) is 1. The Morgan fingerprint density at radius 3 is 2.86 bits per heavy atom. The summed E-state index contributed by atoms with van der Waals surface area (Å²) in [7, 11) is 0. The molecule has 21 heavy (non-hydrogen) atoms. The van der Waals surface area contributed by atoms with Crippen LogP contribution in [0.25, 0.3) is 0 Å². The second-order valence-corrected chi connectivity index (χ2v) is 7.13. The molecule has 2 rings (SSSR count). The smallest absolute Gasteiger partial charge is 0.0535 e. The van der Waals surface area contributed by atoms with Crippen LogP contribution in [0.2, 0.25) is 0 Å². The van der Waals surface area contributed by atoms with Crippen LogP contribution in [0.4, 0.5) is 0 Å². The van der Waals surface area contributed by atoms with Crippen LogP contribution in [-0.2, 0) is 5.54 Å². The van der Waals surface area contributed by atoms with Crippen LogP contribution in [0.3, 0.4) is 0 Å². The van der Waals surface area contributed by atoms with E-state index in [-0.39, 0.29) is 5.54 Å². The number of hydrogen-bond acceptors (Lipinski definition) is 3. The topological polar surface area (TPSA) is 15.3 Å². The standard InChI is InChI=1S/C18H28N2S/c1-4-12-21-13-11-20-15-18(3,19-14-17(20)5-2)16-9-7-6-8-10-16/h4,6-10,17,19H,1,5,11-15H2,2-3H3. The van der Waals surface area contributed by atoms with Gasteiger partial charge in [-0.3, -0.25) is 4.90 Å². The molecule has 3 heteroatoms. The number of benzene rings is 1. The van der Waals surface area contributed by atoms with Gasteiger partial charge in [-0.2, -0.15) is 11.8 Å². The van der Waals surface area contributed by atoms with Gasteiger partial charge in [0.15, 0.2) is 0 Å². The maximum absolute atomic E-state index is 3.79. The molecule has 1 aromatic carbocycles. The monoisotopic (exact) mass is 304 g/mol. The molecule has 0 amide bonds. The lowest BCUT2D eigenvalue weighted by Crippen LogP contribution is -2.61. The molecule has 0 spiro atoms. The molecule has 2 unspecified atom stereocenters. The van der Waals surface area contributed by atoms with E-state index in [0.29, 0.717) is 6.04 Å². The fraction of sp³-hybridized carbons (Fsp3) is 0.556. The Hall–Kier alpha value is -0.770. The Bertz CT molecular complexity index is 434. The van der Waals surface area contributed by atoms with E-state index in [2.05, 4.69) is 61.0 Å². The second-order valence-electron chi connectivity index (χ2n) is 5.98. The van der Waals surface area contributed by atoms with E-state index in [4.69, 9.17) is 0 Å². The maximum Gasteiger partial charge on any atom is 0.0535 e. The summed E-state index contributed by atoms with van der Waals surface area (Å²) in [4.78, 5) is 2.67. The van der Waals surface area contributed by atoms with E-state index in [9.17, 15) is 0 Å². The van der Waals surface area contributed by atoms with Crippen molar-refractivity contribution in [2.45, 2.75) is 31.8 Å². The summed E-state index contributed by atoms with van der Waals surface area (Å²) in [6, 6.07) is 11.5. The Morgan fingerprint density at radius 2 is 2.19 bits per heavy atom. The van der Waals surface area contributed by atoms with Crippen LogP contribution in [0.15, 0.2) is 43.0 Å². The quantitative estimate of drug-likeness (QED) is 0.613. The number of rotatable bonds is 7. The summed E-state index contributed by atoms with van der Waals surface area (Å²) in [5, 5.41) is 3.78. The first-order valence-electron chi connectivity index (χ1n) is 7.93. The maximum atomic E-state index is 3.79. The summed E-state index contributed by atoms with van der Waals surface area (Å²) < 4.78 is 0. The van der Waals surface area contributed by atoms with Crippen molar-refractivity contribution in [3.05, 3.63) is 48.6 Å². The van der Waals surface area contributed by atoms with Gasteiger partial charge in [0, 0.05) is 37.2 Å². The predicted molar refractivity (Wildman–Crippen MR) is 95.0 cm³/mol. The van der Waals surface area contributed by atoms with Crippen LogP contribution < -0.4 is 5.32 Å². The zero-order valence-corrected chi connectivity index (χ0v) is 14.2. The van der Waals surface area contributed by atoms with Gasteiger partial charge in [-0.05, 0) is 18.9 Å². The molecule has 1 aliphatic heterocycles. The van der Waals surface area contributed by atoms with Crippen molar-refractivity contribution in [2.75, 3.05) is 31.1 Å². The SMILES string of the molecule is C=CCSCCN1CC(C)(c2ccccc2)NCC1CC. The molecule has 116 valence electrons. The molecule has 1 fully saturated rings. The lowest BCUT2D eigenvalue weighted by Gasteiger charge is -2.46. The minimum absolute atomic E-state index is 0.0655. The van der Waals surface area contributed by atoms with Crippen LogP contribution in [-0.4, -0.2) is 42.1 Å². The van der Waals surface area contributed by atoms with Crippen LogP contribution >= 0.6 is 11.8 Å². The normalized spacial score (nSPS) is 26.7. The first-order chi connectivity index (χ1) is 10.2. The third kappa shape index (κ3) is 4.35. The average Bonchev–Trinajstić information content (AvgIpc) is 2.53. The summed E-state index contributed by atoms with van der Waals surface area (Å²) in [5.41, 5.74) is 1.46. The highest BCUT2D eigenvalue weighted by molar-refractivity contribution is 7.99. The molecule has 1 aliphatic rings. The first-order valence-corrected chi connectivity index (χ1v) is 9.08. The molecule has 1 aromatic rings. The minimum atomic E-state index is 0.0655. The number of hydrogen-bond donors (Lipinski definition) is 1. The molecular formula is C18H28N2S. The second kappa shape index (κ2) is 8.02. The molecule has 0 aromatic heterocycles. The summed E-state index contributed by atoms with van der Waals surface area (Å²) in [5.74, 6) is 2.24. The van der Waals surface area contributed by atoms with Gasteiger partial charge in [0.25, 0.3) is 0 Å². The van der Waals surface area contributed by atoms with Crippen molar-refractivity contribution in [3.8, 4) is 0 Å². The van der Waals surface area contributed by atoms with Crippen molar-refractivity contribution >= 4 is 11.8 Å². The van der Waals surface area contributed by atoms with Crippen molar-refractivity contribution in [3.63, 3.8) is 0 Å². The highest BCUT2D eigenvalue weighted by atomic mass is 32.2. The third-order valence-corrected chi connectivity index (χ3v) is 5.35. The average molecular weight is 305 g/mol. The number of thioether (sulfide) groups is 1. The van der Waals surface area contributed by atoms with E-state index in [1.165, 1.54) is 24.3 Å². The Balaban J connectivity index is 2.02. The van der Waals surface area contributed by atoms with Crippen LogP contribution in [0.1, 0.15) is 25.8 Å². The van der Waals surface area contributed by atoms with Crippen LogP contribution in [0.5, 0.6) is 0 Å². The molecule has 2 nitrogen and oxygen atoms in total. The molecule has 0 radical (unpaired) electrons. The van der Waals surface area contributed by atoms with Gasteiger partial charge in [-0.1, -0.05) is 43.3 Å². The highest BCUT2D eigenvalue weighted by Gasteiger charge is 2.35. The van der Waals surface area contributed by atoms with E-state index in [1.807, 2.05) is 17.8 Å². The Morgan fingerprint density at radius 1 is 1.43 bits per heavy atom. The predicted octanol–water partition coefficient (Wildman–Crippen LogP) is 3.50. The fourth-order valence-electron chi connectivity index (χ4n) is 3.08. The fourth-order valence-corrected chi connectivity index (χ4v) is 3.77. The number of nitrogens with one attached hydrogen (secondary N) is 1.